The average Bonchev–Trinajstić information content (AvgIpc) is 2.72. The Bertz CT molecular complexity index is 912. The molecule has 0 aliphatic heterocycles. The van der Waals surface area contributed by atoms with Crippen molar-refractivity contribution >= 4 is 17.5 Å². The summed E-state index contributed by atoms with van der Waals surface area (Å²) in [6.45, 7) is 7.44. The Morgan fingerprint density at radius 3 is 2.32 bits per heavy atom. The number of hydrogen-bond donors (Lipinski definition) is 2. The van der Waals surface area contributed by atoms with Crippen LogP contribution in [0, 0.1) is 10.1 Å². The van der Waals surface area contributed by atoms with Gasteiger partial charge in [-0.1, -0.05) is 18.2 Å². The standard InChI is InChI=1S/C23H29N3O5/c1-15(2)31-21-12-10-18(11-13-21)9-8-16(3)24-22(27)17(4)25-23(28)19-6-5-7-20(14-19)26(29)30/h5-7,10-17H,8-9H2,1-4H3,(H,24,27)(H,25,28). The van der Waals surface area contributed by atoms with Gasteiger partial charge in [-0.15, -0.1) is 0 Å². The fraction of sp³-hybridized carbons (Fsp3) is 0.391. The van der Waals surface area contributed by atoms with Crippen molar-refractivity contribution in [3.05, 3.63) is 69.8 Å². The number of ether oxygens (including phenoxy) is 1. The van der Waals surface area contributed by atoms with Crippen LogP contribution in [-0.4, -0.2) is 34.9 Å². The Hall–Kier alpha value is -3.42. The van der Waals surface area contributed by atoms with Crippen LogP contribution in [0.25, 0.3) is 0 Å². The molecule has 2 N–H and O–H groups in total. The molecule has 8 heteroatoms. The summed E-state index contributed by atoms with van der Waals surface area (Å²) in [4.78, 5) is 35.0. The number of carbonyl (C=O) groups excluding carboxylic acids is 2. The maximum atomic E-state index is 12.4. The number of carbonyl (C=O) groups is 2. The average molecular weight is 428 g/mol. The molecule has 2 atom stereocenters. The smallest absolute Gasteiger partial charge is 0.270 e. The molecule has 2 amide bonds. The highest BCUT2D eigenvalue weighted by molar-refractivity contribution is 5.97. The van der Waals surface area contributed by atoms with E-state index in [0.29, 0.717) is 0 Å². The fourth-order valence-corrected chi connectivity index (χ4v) is 2.94. The minimum absolute atomic E-state index is 0.0868. The molecule has 0 fully saturated rings. The number of nitro groups is 1. The van der Waals surface area contributed by atoms with E-state index < -0.39 is 16.9 Å². The summed E-state index contributed by atoms with van der Waals surface area (Å²) in [5, 5.41) is 16.3. The number of hydrogen-bond acceptors (Lipinski definition) is 5. The monoisotopic (exact) mass is 427 g/mol. The van der Waals surface area contributed by atoms with Crippen LogP contribution in [0.3, 0.4) is 0 Å². The van der Waals surface area contributed by atoms with E-state index in [9.17, 15) is 19.7 Å². The molecule has 0 radical (unpaired) electrons. The predicted octanol–water partition coefficient (Wildman–Crippen LogP) is 3.64. The first-order chi connectivity index (χ1) is 14.7. The molecule has 0 aliphatic carbocycles. The zero-order valence-electron chi connectivity index (χ0n) is 18.3. The van der Waals surface area contributed by atoms with Gasteiger partial charge < -0.3 is 15.4 Å². The molecule has 0 heterocycles. The van der Waals surface area contributed by atoms with E-state index >= 15 is 0 Å². The summed E-state index contributed by atoms with van der Waals surface area (Å²) in [7, 11) is 0. The summed E-state index contributed by atoms with van der Waals surface area (Å²) in [6.07, 6.45) is 1.65. The van der Waals surface area contributed by atoms with Crippen molar-refractivity contribution in [1.29, 1.82) is 0 Å². The zero-order valence-corrected chi connectivity index (χ0v) is 18.3. The molecule has 0 spiro atoms. The first kappa shape index (κ1) is 23.9. The van der Waals surface area contributed by atoms with Gasteiger partial charge in [-0.2, -0.15) is 0 Å². The van der Waals surface area contributed by atoms with Gasteiger partial charge in [0.2, 0.25) is 5.91 Å². The molecule has 2 rings (SSSR count). The molecule has 2 aromatic rings. The third-order valence-corrected chi connectivity index (χ3v) is 4.61. The summed E-state index contributed by atoms with van der Waals surface area (Å²) in [5.41, 5.74) is 1.10. The molecule has 2 unspecified atom stereocenters. The number of amides is 2. The van der Waals surface area contributed by atoms with Crippen molar-refractivity contribution in [2.75, 3.05) is 0 Å². The minimum atomic E-state index is -0.776. The lowest BCUT2D eigenvalue weighted by atomic mass is 10.1. The van der Waals surface area contributed by atoms with Gasteiger partial charge in [-0.05, 0) is 64.3 Å². The molecular formula is C23H29N3O5. The molecule has 8 nitrogen and oxygen atoms in total. The first-order valence-corrected chi connectivity index (χ1v) is 10.3. The van der Waals surface area contributed by atoms with E-state index in [2.05, 4.69) is 10.6 Å². The maximum Gasteiger partial charge on any atom is 0.270 e. The molecule has 0 saturated heterocycles. The fourth-order valence-electron chi connectivity index (χ4n) is 2.94. The molecule has 2 aromatic carbocycles. The topological polar surface area (TPSA) is 111 Å². The molecule has 166 valence electrons. The Balaban J connectivity index is 1.81. The van der Waals surface area contributed by atoms with E-state index in [1.807, 2.05) is 45.0 Å². The Morgan fingerprint density at radius 1 is 1.03 bits per heavy atom. The van der Waals surface area contributed by atoms with Gasteiger partial charge in [0.1, 0.15) is 11.8 Å². The van der Waals surface area contributed by atoms with Gasteiger partial charge in [0, 0.05) is 23.7 Å². The lowest BCUT2D eigenvalue weighted by Crippen LogP contribution is -2.47. The largest absolute Gasteiger partial charge is 0.491 e. The Kier molecular flexibility index (Phi) is 8.54. The van der Waals surface area contributed by atoms with Gasteiger partial charge in [-0.25, -0.2) is 0 Å². The van der Waals surface area contributed by atoms with Gasteiger partial charge in [0.25, 0.3) is 11.6 Å². The van der Waals surface area contributed by atoms with E-state index in [-0.39, 0.29) is 29.3 Å². The van der Waals surface area contributed by atoms with E-state index in [0.717, 1.165) is 24.2 Å². The van der Waals surface area contributed by atoms with Crippen molar-refractivity contribution in [1.82, 2.24) is 10.6 Å². The van der Waals surface area contributed by atoms with Crippen molar-refractivity contribution in [3.63, 3.8) is 0 Å². The molecular weight excluding hydrogens is 398 g/mol. The van der Waals surface area contributed by atoms with Crippen LogP contribution in [-0.2, 0) is 11.2 Å². The summed E-state index contributed by atoms with van der Waals surface area (Å²) in [5.74, 6) is -0.0249. The molecule has 0 aliphatic rings. The second-order valence-corrected chi connectivity index (χ2v) is 7.76. The van der Waals surface area contributed by atoms with Crippen LogP contribution in [0.1, 0.15) is 50.0 Å². The highest BCUT2D eigenvalue weighted by atomic mass is 16.6. The predicted molar refractivity (Wildman–Crippen MR) is 118 cm³/mol. The maximum absolute atomic E-state index is 12.4. The summed E-state index contributed by atoms with van der Waals surface area (Å²) < 4.78 is 5.63. The van der Waals surface area contributed by atoms with Gasteiger partial charge in [-0.3, -0.25) is 19.7 Å². The highest BCUT2D eigenvalue weighted by Crippen LogP contribution is 2.16. The zero-order chi connectivity index (χ0) is 23.0. The minimum Gasteiger partial charge on any atom is -0.491 e. The normalized spacial score (nSPS) is 12.7. The second-order valence-electron chi connectivity index (χ2n) is 7.76. The first-order valence-electron chi connectivity index (χ1n) is 10.3. The number of nitro benzene ring substituents is 1. The third-order valence-electron chi connectivity index (χ3n) is 4.61. The van der Waals surface area contributed by atoms with E-state index in [4.69, 9.17) is 4.74 Å². The van der Waals surface area contributed by atoms with Crippen LogP contribution in [0.2, 0.25) is 0 Å². The van der Waals surface area contributed by atoms with E-state index in [1.165, 1.54) is 24.3 Å². The second kappa shape index (κ2) is 11.1. The number of rotatable bonds is 10. The Morgan fingerprint density at radius 2 is 1.71 bits per heavy atom. The number of nitrogens with zero attached hydrogens (tertiary/aromatic N) is 1. The van der Waals surface area contributed by atoms with Gasteiger partial charge in [0.05, 0.1) is 11.0 Å². The number of nitrogens with one attached hydrogen (secondary N) is 2. The SMILES string of the molecule is CC(CCc1ccc(OC(C)C)cc1)NC(=O)C(C)NC(=O)c1cccc([N+](=O)[O-])c1. The van der Waals surface area contributed by atoms with Crippen LogP contribution in [0.4, 0.5) is 5.69 Å². The van der Waals surface area contributed by atoms with E-state index in [1.54, 1.807) is 6.92 Å². The Labute approximate surface area is 182 Å². The number of non-ortho nitro benzene ring substituents is 1. The van der Waals surface area contributed by atoms with Gasteiger partial charge in [0.15, 0.2) is 0 Å². The summed E-state index contributed by atoms with van der Waals surface area (Å²) in [6, 6.07) is 12.4. The lowest BCUT2D eigenvalue weighted by molar-refractivity contribution is -0.384. The van der Waals surface area contributed by atoms with Crippen molar-refractivity contribution in [2.24, 2.45) is 0 Å². The van der Waals surface area contributed by atoms with Crippen LogP contribution in [0.5, 0.6) is 5.75 Å². The molecule has 0 bridgehead atoms. The van der Waals surface area contributed by atoms with Crippen molar-refractivity contribution in [3.8, 4) is 5.75 Å². The lowest BCUT2D eigenvalue weighted by Gasteiger charge is -2.19. The van der Waals surface area contributed by atoms with Gasteiger partial charge >= 0.3 is 0 Å². The van der Waals surface area contributed by atoms with Crippen molar-refractivity contribution < 1.29 is 19.2 Å². The summed E-state index contributed by atoms with van der Waals surface area (Å²) >= 11 is 0. The van der Waals surface area contributed by atoms with Crippen LogP contribution < -0.4 is 15.4 Å². The molecule has 0 aromatic heterocycles. The van der Waals surface area contributed by atoms with Crippen LogP contribution in [0.15, 0.2) is 48.5 Å². The highest BCUT2D eigenvalue weighted by Gasteiger charge is 2.19. The van der Waals surface area contributed by atoms with Crippen LogP contribution >= 0.6 is 0 Å². The van der Waals surface area contributed by atoms with Crippen molar-refractivity contribution in [2.45, 2.75) is 58.7 Å². The molecule has 0 saturated carbocycles. The third kappa shape index (κ3) is 7.73. The number of aryl methyl sites for hydroxylation is 1. The number of benzene rings is 2. The molecule has 31 heavy (non-hydrogen) atoms. The quantitative estimate of drug-likeness (QED) is 0.444.